The van der Waals surface area contributed by atoms with Crippen LogP contribution in [0.15, 0.2) is 18.2 Å². The van der Waals surface area contributed by atoms with Crippen LogP contribution in [0.4, 0.5) is 4.39 Å². The lowest BCUT2D eigenvalue weighted by Gasteiger charge is -2.35. The second-order valence-electron chi connectivity index (χ2n) is 6.31. The van der Waals surface area contributed by atoms with Gasteiger partial charge >= 0.3 is 0 Å². The van der Waals surface area contributed by atoms with Gasteiger partial charge in [0.25, 0.3) is 0 Å². The van der Waals surface area contributed by atoms with Gasteiger partial charge in [0, 0.05) is 11.1 Å². The Morgan fingerprint density at radius 1 is 1.35 bits per heavy atom. The van der Waals surface area contributed by atoms with Crippen molar-refractivity contribution >= 4 is 11.6 Å². The van der Waals surface area contributed by atoms with E-state index in [0.29, 0.717) is 16.5 Å². The predicted octanol–water partition coefficient (Wildman–Crippen LogP) is 4.97. The van der Waals surface area contributed by atoms with Crippen LogP contribution in [0.1, 0.15) is 51.5 Å². The molecule has 1 atom stereocenters. The summed E-state index contributed by atoms with van der Waals surface area (Å²) in [4.78, 5) is 0. The summed E-state index contributed by atoms with van der Waals surface area (Å²) < 4.78 is 13.4. The molecule has 0 saturated heterocycles. The van der Waals surface area contributed by atoms with E-state index >= 15 is 0 Å². The molecule has 1 N–H and O–H groups in total. The second-order valence-corrected chi connectivity index (χ2v) is 6.71. The van der Waals surface area contributed by atoms with E-state index in [1.54, 1.807) is 12.1 Å². The summed E-state index contributed by atoms with van der Waals surface area (Å²) in [5.74, 6) is -0.199. The summed E-state index contributed by atoms with van der Waals surface area (Å²) in [6, 6.07) is 5.06. The SMILES string of the molecule is CCCNC(Cc1cc(F)ccc1Cl)C1(C)CCCC1. The largest absolute Gasteiger partial charge is 0.313 e. The Labute approximate surface area is 126 Å². The minimum absolute atomic E-state index is 0.199. The Kier molecular flexibility index (Phi) is 5.45. The predicted molar refractivity (Wildman–Crippen MR) is 83.8 cm³/mol. The van der Waals surface area contributed by atoms with Crippen LogP contribution in [0.25, 0.3) is 0 Å². The van der Waals surface area contributed by atoms with E-state index in [1.165, 1.54) is 31.7 Å². The maximum absolute atomic E-state index is 13.4. The molecule has 1 nitrogen and oxygen atoms in total. The molecule has 1 aliphatic rings. The van der Waals surface area contributed by atoms with Crippen LogP contribution in [0.3, 0.4) is 0 Å². The first-order chi connectivity index (χ1) is 9.55. The van der Waals surface area contributed by atoms with Crippen LogP contribution in [-0.2, 0) is 6.42 Å². The van der Waals surface area contributed by atoms with Crippen molar-refractivity contribution in [3.63, 3.8) is 0 Å². The van der Waals surface area contributed by atoms with E-state index in [1.807, 2.05) is 0 Å². The van der Waals surface area contributed by atoms with Crippen molar-refractivity contribution in [2.45, 2.75) is 58.4 Å². The lowest BCUT2D eigenvalue weighted by atomic mass is 9.77. The maximum atomic E-state index is 13.4. The van der Waals surface area contributed by atoms with Crippen LogP contribution >= 0.6 is 11.6 Å². The first kappa shape index (κ1) is 15.8. The number of benzene rings is 1. The van der Waals surface area contributed by atoms with Gasteiger partial charge in [-0.15, -0.1) is 0 Å². The van der Waals surface area contributed by atoms with E-state index in [2.05, 4.69) is 19.2 Å². The fourth-order valence-corrected chi connectivity index (χ4v) is 3.53. The highest BCUT2D eigenvalue weighted by atomic mass is 35.5. The van der Waals surface area contributed by atoms with Gasteiger partial charge in [0.2, 0.25) is 0 Å². The van der Waals surface area contributed by atoms with Gasteiger partial charge in [-0.3, -0.25) is 0 Å². The topological polar surface area (TPSA) is 12.0 Å². The molecule has 2 rings (SSSR count). The molecular weight excluding hydrogens is 273 g/mol. The molecule has 0 amide bonds. The molecular formula is C17H25ClFN. The first-order valence-electron chi connectivity index (χ1n) is 7.72. The highest BCUT2D eigenvalue weighted by Crippen LogP contribution is 2.42. The van der Waals surface area contributed by atoms with Gasteiger partial charge in [0.05, 0.1) is 0 Å². The summed E-state index contributed by atoms with van der Waals surface area (Å²) >= 11 is 6.23. The van der Waals surface area contributed by atoms with Crippen molar-refractivity contribution in [2.75, 3.05) is 6.54 Å². The molecule has 0 radical (unpaired) electrons. The third kappa shape index (κ3) is 3.73. The molecule has 1 saturated carbocycles. The number of hydrogen-bond acceptors (Lipinski definition) is 1. The molecule has 1 aromatic rings. The molecule has 3 heteroatoms. The van der Waals surface area contributed by atoms with Crippen molar-refractivity contribution in [3.05, 3.63) is 34.6 Å². The van der Waals surface area contributed by atoms with Gasteiger partial charge in [-0.25, -0.2) is 4.39 Å². The van der Waals surface area contributed by atoms with Crippen LogP contribution in [0, 0.1) is 11.2 Å². The fourth-order valence-electron chi connectivity index (χ4n) is 3.33. The molecule has 0 spiro atoms. The first-order valence-corrected chi connectivity index (χ1v) is 8.10. The van der Waals surface area contributed by atoms with Gasteiger partial charge in [-0.1, -0.05) is 38.3 Å². The number of halogens is 2. The molecule has 112 valence electrons. The number of rotatable bonds is 6. The van der Waals surface area contributed by atoms with Crippen molar-refractivity contribution in [1.29, 1.82) is 0 Å². The Morgan fingerprint density at radius 3 is 2.70 bits per heavy atom. The van der Waals surface area contributed by atoms with Crippen molar-refractivity contribution in [1.82, 2.24) is 5.32 Å². The second kappa shape index (κ2) is 6.91. The quantitative estimate of drug-likeness (QED) is 0.781. The molecule has 1 aliphatic carbocycles. The zero-order chi connectivity index (χ0) is 14.6. The van der Waals surface area contributed by atoms with Crippen LogP contribution < -0.4 is 5.32 Å². The molecule has 1 aromatic carbocycles. The molecule has 1 fully saturated rings. The molecule has 0 heterocycles. The van der Waals surface area contributed by atoms with E-state index < -0.39 is 0 Å². The Bertz CT molecular complexity index is 441. The minimum Gasteiger partial charge on any atom is -0.313 e. The normalized spacial score (nSPS) is 19.2. The van der Waals surface area contributed by atoms with Gasteiger partial charge in [0.15, 0.2) is 0 Å². The van der Waals surface area contributed by atoms with Gasteiger partial charge < -0.3 is 5.32 Å². The Balaban J connectivity index is 2.16. The monoisotopic (exact) mass is 297 g/mol. The fraction of sp³-hybridized carbons (Fsp3) is 0.647. The maximum Gasteiger partial charge on any atom is 0.123 e. The average molecular weight is 298 g/mol. The van der Waals surface area contributed by atoms with Crippen LogP contribution in [0.5, 0.6) is 0 Å². The van der Waals surface area contributed by atoms with E-state index in [0.717, 1.165) is 24.9 Å². The molecule has 1 unspecified atom stereocenters. The summed E-state index contributed by atoms with van der Waals surface area (Å²) in [5.41, 5.74) is 1.23. The lowest BCUT2D eigenvalue weighted by molar-refractivity contribution is 0.219. The van der Waals surface area contributed by atoms with E-state index in [9.17, 15) is 4.39 Å². The summed E-state index contributed by atoms with van der Waals surface area (Å²) in [7, 11) is 0. The van der Waals surface area contributed by atoms with Crippen LogP contribution in [0.2, 0.25) is 5.02 Å². The smallest absolute Gasteiger partial charge is 0.123 e. The molecule has 0 aliphatic heterocycles. The standard InChI is InChI=1S/C17H25ClFN/c1-3-10-20-16(17(2)8-4-5-9-17)12-13-11-14(19)6-7-15(13)18/h6-7,11,16,20H,3-5,8-10,12H2,1-2H3. The van der Waals surface area contributed by atoms with Crippen molar-refractivity contribution in [2.24, 2.45) is 5.41 Å². The van der Waals surface area contributed by atoms with Crippen molar-refractivity contribution < 1.29 is 4.39 Å². The number of hydrogen-bond donors (Lipinski definition) is 1. The molecule has 0 bridgehead atoms. The van der Waals surface area contributed by atoms with Gasteiger partial charge in [0.1, 0.15) is 5.82 Å². The molecule has 0 aromatic heterocycles. The highest BCUT2D eigenvalue weighted by Gasteiger charge is 2.36. The third-order valence-electron chi connectivity index (χ3n) is 4.66. The molecule has 20 heavy (non-hydrogen) atoms. The minimum atomic E-state index is -0.199. The highest BCUT2D eigenvalue weighted by molar-refractivity contribution is 6.31. The zero-order valence-corrected chi connectivity index (χ0v) is 13.3. The van der Waals surface area contributed by atoms with Crippen LogP contribution in [-0.4, -0.2) is 12.6 Å². The Morgan fingerprint density at radius 2 is 2.05 bits per heavy atom. The van der Waals surface area contributed by atoms with Gasteiger partial charge in [-0.05, 0) is 61.4 Å². The summed E-state index contributed by atoms with van der Waals surface area (Å²) in [5, 5.41) is 4.34. The number of nitrogens with one attached hydrogen (secondary N) is 1. The summed E-state index contributed by atoms with van der Waals surface area (Å²) in [6.07, 6.45) is 7.04. The van der Waals surface area contributed by atoms with E-state index in [-0.39, 0.29) is 5.82 Å². The lowest BCUT2D eigenvalue weighted by Crippen LogP contribution is -2.44. The van der Waals surface area contributed by atoms with Gasteiger partial charge in [-0.2, -0.15) is 0 Å². The zero-order valence-electron chi connectivity index (χ0n) is 12.5. The third-order valence-corrected chi connectivity index (χ3v) is 5.03. The average Bonchev–Trinajstić information content (AvgIpc) is 2.86. The Hall–Kier alpha value is -0.600. The van der Waals surface area contributed by atoms with E-state index in [4.69, 9.17) is 11.6 Å². The summed E-state index contributed by atoms with van der Waals surface area (Å²) in [6.45, 7) is 5.55. The van der Waals surface area contributed by atoms with Crippen molar-refractivity contribution in [3.8, 4) is 0 Å².